The van der Waals surface area contributed by atoms with Gasteiger partial charge in [0, 0.05) is 18.4 Å². The number of nitrogens with two attached hydrogens (primary N) is 1. The van der Waals surface area contributed by atoms with Crippen molar-refractivity contribution in [2.24, 2.45) is 16.2 Å². The first-order valence-corrected chi connectivity index (χ1v) is 5.17. The Morgan fingerprint density at radius 2 is 2.50 bits per heavy atom. The maximum atomic E-state index is 12.0. The molecule has 16 heavy (non-hydrogen) atoms. The van der Waals surface area contributed by atoms with Gasteiger partial charge in [0.15, 0.2) is 0 Å². The fourth-order valence-electron chi connectivity index (χ4n) is 1.82. The van der Waals surface area contributed by atoms with Crippen molar-refractivity contribution < 1.29 is 4.74 Å². The average Bonchev–Trinajstić information content (AvgIpc) is 2.81. The standard InChI is InChI=1S/C10H14N4O2/c11-13-12-6-8-2-1-4-14(10(8)15)9-3-5-16-7-9/h1-2,4,9H,3,5-7H2,(H2,11,12)/t9-/m0/s1. The van der Waals surface area contributed by atoms with Crippen LogP contribution in [0, 0.1) is 0 Å². The molecule has 6 heteroatoms. The first kappa shape index (κ1) is 10.8. The first-order chi connectivity index (χ1) is 7.83. The van der Waals surface area contributed by atoms with E-state index in [2.05, 4.69) is 10.3 Å². The number of ether oxygens (including phenoxy) is 1. The van der Waals surface area contributed by atoms with Gasteiger partial charge in [-0.05, 0) is 12.5 Å². The fraction of sp³-hybridized carbons (Fsp3) is 0.500. The number of aromatic nitrogens is 1. The van der Waals surface area contributed by atoms with Gasteiger partial charge in [-0.15, -0.1) is 0 Å². The molecule has 0 bridgehead atoms. The van der Waals surface area contributed by atoms with Gasteiger partial charge in [0.05, 0.1) is 19.2 Å². The quantitative estimate of drug-likeness (QED) is 0.462. The molecule has 0 saturated carbocycles. The third-order valence-corrected chi connectivity index (χ3v) is 2.68. The lowest BCUT2D eigenvalue weighted by Gasteiger charge is -2.12. The molecule has 2 rings (SSSR count). The summed E-state index contributed by atoms with van der Waals surface area (Å²) in [7, 11) is 0. The van der Waals surface area contributed by atoms with E-state index >= 15 is 0 Å². The highest BCUT2D eigenvalue weighted by molar-refractivity contribution is 5.11. The Bertz CT molecular complexity index is 435. The third kappa shape index (κ3) is 2.11. The molecule has 1 saturated heterocycles. The van der Waals surface area contributed by atoms with E-state index in [1.807, 2.05) is 6.07 Å². The van der Waals surface area contributed by atoms with Crippen molar-refractivity contribution in [2.75, 3.05) is 13.2 Å². The van der Waals surface area contributed by atoms with Crippen LogP contribution < -0.4 is 11.4 Å². The van der Waals surface area contributed by atoms with Crippen LogP contribution in [0.4, 0.5) is 0 Å². The average molecular weight is 222 g/mol. The molecule has 6 nitrogen and oxygen atoms in total. The summed E-state index contributed by atoms with van der Waals surface area (Å²) in [6.45, 7) is 1.54. The monoisotopic (exact) mass is 222 g/mol. The summed E-state index contributed by atoms with van der Waals surface area (Å²) in [6, 6.07) is 3.71. The van der Waals surface area contributed by atoms with Gasteiger partial charge in [-0.25, -0.2) is 0 Å². The molecule has 1 fully saturated rings. The molecular weight excluding hydrogens is 208 g/mol. The number of hydrogen-bond donors (Lipinski definition) is 1. The SMILES string of the molecule is NN=NCc1cccn([C@H]2CCOC2)c1=O. The van der Waals surface area contributed by atoms with Gasteiger partial charge in [0.1, 0.15) is 0 Å². The van der Waals surface area contributed by atoms with Gasteiger partial charge in [0.2, 0.25) is 0 Å². The predicted octanol–water partition coefficient (Wildman–Crippen LogP) is 0.636. The Labute approximate surface area is 92.7 Å². The highest BCUT2D eigenvalue weighted by atomic mass is 16.5. The molecule has 1 aromatic rings. The van der Waals surface area contributed by atoms with E-state index in [1.165, 1.54) is 0 Å². The molecule has 2 N–H and O–H groups in total. The highest BCUT2D eigenvalue weighted by Gasteiger charge is 2.18. The lowest BCUT2D eigenvalue weighted by Crippen LogP contribution is -2.26. The minimum Gasteiger partial charge on any atom is -0.379 e. The van der Waals surface area contributed by atoms with Crippen LogP contribution in [0.5, 0.6) is 0 Å². The minimum atomic E-state index is -0.0367. The molecule has 0 radical (unpaired) electrons. The van der Waals surface area contributed by atoms with Crippen molar-refractivity contribution in [1.29, 1.82) is 0 Å². The maximum absolute atomic E-state index is 12.0. The van der Waals surface area contributed by atoms with Crippen LogP contribution >= 0.6 is 0 Å². The Kier molecular flexibility index (Phi) is 3.31. The van der Waals surface area contributed by atoms with Crippen molar-refractivity contribution >= 4 is 0 Å². The van der Waals surface area contributed by atoms with E-state index in [0.29, 0.717) is 18.8 Å². The normalized spacial score (nSPS) is 20.6. The summed E-state index contributed by atoms with van der Waals surface area (Å²) in [4.78, 5) is 12.0. The summed E-state index contributed by atoms with van der Waals surface area (Å²) in [6.07, 6.45) is 2.66. The number of pyridine rings is 1. The van der Waals surface area contributed by atoms with Gasteiger partial charge in [-0.3, -0.25) is 4.79 Å². The second-order valence-electron chi connectivity index (χ2n) is 3.68. The van der Waals surface area contributed by atoms with Crippen LogP contribution in [0.3, 0.4) is 0 Å². The molecule has 1 aromatic heterocycles. The Morgan fingerprint density at radius 1 is 1.62 bits per heavy atom. The van der Waals surface area contributed by atoms with Crippen LogP contribution in [-0.2, 0) is 11.3 Å². The molecule has 1 aliphatic heterocycles. The molecule has 0 aromatic carbocycles. The number of nitrogens with zero attached hydrogens (tertiary/aromatic N) is 3. The molecule has 1 aliphatic rings. The second kappa shape index (κ2) is 4.89. The van der Waals surface area contributed by atoms with Crippen molar-refractivity contribution in [2.45, 2.75) is 19.0 Å². The minimum absolute atomic E-state index is 0.0367. The Hall–Kier alpha value is -1.69. The lowest BCUT2D eigenvalue weighted by molar-refractivity contribution is 0.186. The molecule has 86 valence electrons. The van der Waals surface area contributed by atoms with Crippen LogP contribution in [0.25, 0.3) is 0 Å². The Balaban J connectivity index is 2.28. The molecule has 0 spiro atoms. The van der Waals surface area contributed by atoms with E-state index < -0.39 is 0 Å². The van der Waals surface area contributed by atoms with E-state index in [0.717, 1.165) is 6.42 Å². The van der Waals surface area contributed by atoms with E-state index in [-0.39, 0.29) is 18.1 Å². The summed E-state index contributed by atoms with van der Waals surface area (Å²) in [5.74, 6) is 4.92. The van der Waals surface area contributed by atoms with Crippen molar-refractivity contribution in [1.82, 2.24) is 4.57 Å². The number of rotatable bonds is 3. The van der Waals surface area contributed by atoms with Crippen LogP contribution in [0.1, 0.15) is 18.0 Å². The Morgan fingerprint density at radius 3 is 3.19 bits per heavy atom. The van der Waals surface area contributed by atoms with Gasteiger partial charge in [0.25, 0.3) is 5.56 Å². The van der Waals surface area contributed by atoms with E-state index in [9.17, 15) is 4.79 Å². The topological polar surface area (TPSA) is 82.0 Å². The van der Waals surface area contributed by atoms with Gasteiger partial charge < -0.3 is 15.1 Å². The largest absolute Gasteiger partial charge is 0.379 e. The van der Waals surface area contributed by atoms with Crippen molar-refractivity contribution in [3.8, 4) is 0 Å². The summed E-state index contributed by atoms with van der Waals surface area (Å²) >= 11 is 0. The fourth-order valence-corrected chi connectivity index (χ4v) is 1.82. The number of hydrogen-bond acceptors (Lipinski definition) is 4. The van der Waals surface area contributed by atoms with Crippen molar-refractivity contribution in [3.63, 3.8) is 0 Å². The zero-order chi connectivity index (χ0) is 11.4. The summed E-state index contributed by atoms with van der Waals surface area (Å²) in [5, 5.41) is 6.78. The van der Waals surface area contributed by atoms with Gasteiger partial charge >= 0.3 is 0 Å². The van der Waals surface area contributed by atoms with Crippen LogP contribution in [0.15, 0.2) is 33.5 Å². The summed E-state index contributed by atoms with van der Waals surface area (Å²) in [5.41, 5.74) is 0.564. The molecule has 0 unspecified atom stereocenters. The molecule has 2 heterocycles. The maximum Gasteiger partial charge on any atom is 0.256 e. The predicted molar refractivity (Wildman–Crippen MR) is 57.9 cm³/mol. The van der Waals surface area contributed by atoms with Crippen LogP contribution in [0.2, 0.25) is 0 Å². The summed E-state index contributed by atoms with van der Waals surface area (Å²) < 4.78 is 6.97. The second-order valence-corrected chi connectivity index (χ2v) is 3.68. The van der Waals surface area contributed by atoms with E-state index in [4.69, 9.17) is 10.6 Å². The highest BCUT2D eigenvalue weighted by Crippen LogP contribution is 2.16. The van der Waals surface area contributed by atoms with Gasteiger partial charge in [-0.1, -0.05) is 11.3 Å². The smallest absolute Gasteiger partial charge is 0.256 e. The zero-order valence-corrected chi connectivity index (χ0v) is 8.87. The molecule has 1 atom stereocenters. The first-order valence-electron chi connectivity index (χ1n) is 5.17. The third-order valence-electron chi connectivity index (χ3n) is 2.68. The van der Waals surface area contributed by atoms with E-state index in [1.54, 1.807) is 16.8 Å². The van der Waals surface area contributed by atoms with Crippen molar-refractivity contribution in [3.05, 3.63) is 34.2 Å². The molecule has 0 aliphatic carbocycles. The molecular formula is C10H14N4O2. The zero-order valence-electron chi connectivity index (χ0n) is 8.87. The van der Waals surface area contributed by atoms with Crippen LogP contribution in [-0.4, -0.2) is 17.8 Å². The molecule has 0 amide bonds. The lowest BCUT2D eigenvalue weighted by atomic mass is 10.2. The van der Waals surface area contributed by atoms with Gasteiger partial charge in [-0.2, -0.15) is 5.11 Å².